The fourth-order valence-electron chi connectivity index (χ4n) is 3.82. The number of rotatable bonds is 6. The van der Waals surface area contributed by atoms with Crippen LogP contribution in [0.15, 0.2) is 24.3 Å². The van der Waals surface area contributed by atoms with Gasteiger partial charge in [0.15, 0.2) is 0 Å². The Morgan fingerprint density at radius 1 is 1.38 bits per heavy atom. The molecule has 1 aliphatic heterocycles. The highest BCUT2D eigenvalue weighted by molar-refractivity contribution is 8.01. The van der Waals surface area contributed by atoms with Crippen molar-refractivity contribution < 1.29 is 9.53 Å². The SMILES string of the molecule is COc1ccc([C@@H]2[C@H](CNC(=O)C3(SC)CC3)CCCN2C)cc1. The summed E-state index contributed by atoms with van der Waals surface area (Å²) in [4.78, 5) is 14.9. The fraction of sp³-hybridized carbons (Fsp3) is 0.632. The first-order valence-electron chi connectivity index (χ1n) is 8.77. The van der Waals surface area contributed by atoms with Crippen LogP contribution in [0.1, 0.15) is 37.3 Å². The molecule has 3 rings (SSSR count). The summed E-state index contributed by atoms with van der Waals surface area (Å²) < 4.78 is 5.14. The van der Waals surface area contributed by atoms with Crippen molar-refractivity contribution in [2.75, 3.05) is 33.5 Å². The molecule has 1 N–H and O–H groups in total. The fourth-order valence-corrected chi connectivity index (χ4v) is 4.59. The monoisotopic (exact) mass is 348 g/mol. The van der Waals surface area contributed by atoms with Crippen molar-refractivity contribution >= 4 is 17.7 Å². The van der Waals surface area contributed by atoms with E-state index in [1.807, 2.05) is 18.4 Å². The number of amides is 1. The van der Waals surface area contributed by atoms with Crippen LogP contribution in [0, 0.1) is 5.92 Å². The third kappa shape index (κ3) is 3.57. The summed E-state index contributed by atoms with van der Waals surface area (Å²) in [5.74, 6) is 1.58. The van der Waals surface area contributed by atoms with Gasteiger partial charge in [0.2, 0.25) is 5.91 Å². The van der Waals surface area contributed by atoms with Gasteiger partial charge in [0.25, 0.3) is 0 Å². The summed E-state index contributed by atoms with van der Waals surface area (Å²) in [6.07, 6.45) is 6.44. The lowest BCUT2D eigenvalue weighted by Gasteiger charge is -2.40. The molecule has 1 saturated heterocycles. The number of benzene rings is 1. The number of nitrogens with zero attached hydrogens (tertiary/aromatic N) is 1. The van der Waals surface area contributed by atoms with Gasteiger partial charge in [-0.1, -0.05) is 12.1 Å². The first-order chi connectivity index (χ1) is 11.6. The van der Waals surface area contributed by atoms with Crippen LogP contribution in [0.25, 0.3) is 0 Å². The van der Waals surface area contributed by atoms with E-state index >= 15 is 0 Å². The number of hydrogen-bond donors (Lipinski definition) is 1. The molecule has 0 spiro atoms. The maximum atomic E-state index is 12.4. The number of nitrogens with one attached hydrogen (secondary N) is 1. The Morgan fingerprint density at radius 2 is 2.08 bits per heavy atom. The molecule has 5 heteroatoms. The molecule has 1 aromatic rings. The van der Waals surface area contributed by atoms with Gasteiger partial charge in [-0.05, 0) is 69.1 Å². The Kier molecular flexibility index (Phi) is 5.40. The van der Waals surface area contributed by atoms with Crippen molar-refractivity contribution in [3.05, 3.63) is 29.8 Å². The highest BCUT2D eigenvalue weighted by atomic mass is 32.2. The molecule has 1 saturated carbocycles. The number of methoxy groups -OCH3 is 1. The first kappa shape index (κ1) is 17.6. The highest BCUT2D eigenvalue weighted by Crippen LogP contribution is 2.47. The average molecular weight is 349 g/mol. The van der Waals surface area contributed by atoms with E-state index in [2.05, 4.69) is 29.4 Å². The zero-order valence-electron chi connectivity index (χ0n) is 14.9. The van der Waals surface area contributed by atoms with Gasteiger partial charge < -0.3 is 10.1 Å². The molecule has 2 fully saturated rings. The van der Waals surface area contributed by atoms with Gasteiger partial charge in [-0.15, -0.1) is 11.8 Å². The minimum Gasteiger partial charge on any atom is -0.497 e. The van der Waals surface area contributed by atoms with Crippen molar-refractivity contribution in [3.63, 3.8) is 0 Å². The van der Waals surface area contributed by atoms with E-state index in [0.29, 0.717) is 12.0 Å². The molecule has 24 heavy (non-hydrogen) atoms. The van der Waals surface area contributed by atoms with Gasteiger partial charge in [-0.25, -0.2) is 0 Å². The van der Waals surface area contributed by atoms with E-state index in [-0.39, 0.29) is 10.7 Å². The van der Waals surface area contributed by atoms with Crippen LogP contribution in [0.4, 0.5) is 0 Å². The second-order valence-electron chi connectivity index (χ2n) is 7.01. The van der Waals surface area contributed by atoms with E-state index in [9.17, 15) is 4.79 Å². The molecule has 0 bridgehead atoms. The summed E-state index contributed by atoms with van der Waals surface area (Å²) in [6, 6.07) is 8.73. The molecule has 0 unspecified atom stereocenters. The third-order valence-corrected chi connectivity index (χ3v) is 6.87. The molecule has 0 radical (unpaired) electrons. The highest BCUT2D eigenvalue weighted by Gasteiger charge is 2.49. The summed E-state index contributed by atoms with van der Waals surface area (Å²) in [6.45, 7) is 1.87. The molecule has 1 amide bonds. The molecule has 2 atom stereocenters. The van der Waals surface area contributed by atoms with Crippen molar-refractivity contribution in [2.24, 2.45) is 5.92 Å². The van der Waals surface area contributed by atoms with Crippen molar-refractivity contribution in [3.8, 4) is 5.75 Å². The van der Waals surface area contributed by atoms with Gasteiger partial charge in [0, 0.05) is 12.6 Å². The number of carbonyl (C=O) groups is 1. The smallest absolute Gasteiger partial charge is 0.236 e. The maximum Gasteiger partial charge on any atom is 0.236 e. The largest absolute Gasteiger partial charge is 0.497 e. The topological polar surface area (TPSA) is 41.6 Å². The maximum absolute atomic E-state index is 12.4. The van der Waals surface area contributed by atoms with Crippen LogP contribution in [0.2, 0.25) is 0 Å². The van der Waals surface area contributed by atoms with E-state index in [1.165, 1.54) is 12.0 Å². The minimum atomic E-state index is -0.129. The molecule has 2 aliphatic rings. The van der Waals surface area contributed by atoms with Gasteiger partial charge in [0.1, 0.15) is 5.75 Å². The zero-order valence-corrected chi connectivity index (χ0v) is 15.7. The third-order valence-electron chi connectivity index (χ3n) is 5.50. The Balaban J connectivity index is 1.68. The average Bonchev–Trinajstić information content (AvgIpc) is 3.41. The quantitative estimate of drug-likeness (QED) is 0.858. The van der Waals surface area contributed by atoms with Crippen molar-refractivity contribution in [1.29, 1.82) is 0 Å². The molecule has 0 aromatic heterocycles. The number of piperidine rings is 1. The predicted molar refractivity (Wildman–Crippen MR) is 99.6 cm³/mol. The normalized spacial score (nSPS) is 26.0. The number of ether oxygens (including phenoxy) is 1. The van der Waals surface area contributed by atoms with Crippen molar-refractivity contribution in [2.45, 2.75) is 36.5 Å². The lowest BCUT2D eigenvalue weighted by Crippen LogP contribution is -2.44. The van der Waals surface area contributed by atoms with Gasteiger partial charge in [-0.3, -0.25) is 9.69 Å². The first-order valence-corrected chi connectivity index (χ1v) is 10.00. The standard InChI is InChI=1S/C19H28N2O2S/c1-21-12-4-5-15(13-20-18(22)19(24-3)10-11-19)17(21)14-6-8-16(23-2)9-7-14/h6-9,15,17H,4-5,10-13H2,1-3H3,(H,20,22)/t15-,17+/m0/s1. The summed E-state index contributed by atoms with van der Waals surface area (Å²) >= 11 is 1.70. The van der Waals surface area contributed by atoms with Crippen molar-refractivity contribution in [1.82, 2.24) is 10.2 Å². The van der Waals surface area contributed by atoms with E-state index < -0.39 is 0 Å². The number of likely N-dealkylation sites (tertiary alicyclic amines) is 1. The molecule has 1 aliphatic carbocycles. The van der Waals surface area contributed by atoms with Gasteiger partial charge in [0.05, 0.1) is 11.9 Å². The summed E-state index contributed by atoms with van der Waals surface area (Å²) in [5.41, 5.74) is 1.31. The van der Waals surface area contributed by atoms with Crippen LogP contribution in [-0.4, -0.2) is 49.1 Å². The Bertz CT molecular complexity index is 571. The molecule has 4 nitrogen and oxygen atoms in total. The van der Waals surface area contributed by atoms with E-state index in [0.717, 1.165) is 38.1 Å². The van der Waals surface area contributed by atoms with E-state index in [1.54, 1.807) is 18.9 Å². The van der Waals surface area contributed by atoms with Crippen LogP contribution in [0.3, 0.4) is 0 Å². The van der Waals surface area contributed by atoms with Crippen LogP contribution < -0.4 is 10.1 Å². The molecule has 1 aromatic carbocycles. The Morgan fingerprint density at radius 3 is 2.67 bits per heavy atom. The minimum absolute atomic E-state index is 0.129. The lowest BCUT2D eigenvalue weighted by molar-refractivity contribution is -0.121. The second kappa shape index (κ2) is 7.36. The van der Waals surface area contributed by atoms with Crippen LogP contribution >= 0.6 is 11.8 Å². The summed E-state index contributed by atoms with van der Waals surface area (Å²) in [7, 11) is 3.88. The van der Waals surface area contributed by atoms with Crippen LogP contribution in [0.5, 0.6) is 5.75 Å². The second-order valence-corrected chi connectivity index (χ2v) is 8.20. The number of thioether (sulfide) groups is 1. The Hall–Kier alpha value is -1.20. The molecule has 132 valence electrons. The number of carbonyl (C=O) groups excluding carboxylic acids is 1. The predicted octanol–water partition coefficient (Wildman–Crippen LogP) is 3.09. The molecule has 1 heterocycles. The molecular weight excluding hydrogens is 320 g/mol. The van der Waals surface area contributed by atoms with Crippen LogP contribution in [-0.2, 0) is 4.79 Å². The van der Waals surface area contributed by atoms with E-state index in [4.69, 9.17) is 4.74 Å². The van der Waals surface area contributed by atoms with Gasteiger partial charge >= 0.3 is 0 Å². The zero-order chi connectivity index (χ0) is 17.2. The molecular formula is C19H28N2O2S. The number of hydrogen-bond acceptors (Lipinski definition) is 4. The summed E-state index contributed by atoms with van der Waals surface area (Å²) in [5, 5.41) is 3.24. The Labute approximate surface area is 149 Å². The van der Waals surface area contributed by atoms with Gasteiger partial charge in [-0.2, -0.15) is 0 Å². The lowest BCUT2D eigenvalue weighted by atomic mass is 9.85.